The van der Waals surface area contributed by atoms with Crippen molar-refractivity contribution in [2.45, 2.75) is 26.7 Å². The number of nitrogens with two attached hydrogens (primary N) is 1. The number of aromatic nitrogens is 1. The third kappa shape index (κ3) is 2.57. The van der Waals surface area contributed by atoms with Gasteiger partial charge in [-0.25, -0.2) is 4.98 Å². The van der Waals surface area contributed by atoms with Gasteiger partial charge < -0.3 is 5.73 Å². The lowest BCUT2D eigenvalue weighted by molar-refractivity contribution is 0.513. The lowest BCUT2D eigenvalue weighted by atomic mass is 10.0. The summed E-state index contributed by atoms with van der Waals surface area (Å²) >= 11 is 1.72. The van der Waals surface area contributed by atoms with Crippen LogP contribution in [0.5, 0.6) is 0 Å². The first-order valence-corrected chi connectivity index (χ1v) is 5.25. The van der Waals surface area contributed by atoms with Crippen molar-refractivity contribution in [1.82, 2.24) is 4.98 Å². The first kappa shape index (κ1) is 9.68. The van der Waals surface area contributed by atoms with Gasteiger partial charge in [0.05, 0.1) is 10.7 Å². The van der Waals surface area contributed by atoms with E-state index in [1.54, 1.807) is 11.3 Å². The van der Waals surface area contributed by atoms with E-state index in [1.165, 1.54) is 5.69 Å². The van der Waals surface area contributed by atoms with E-state index in [0.29, 0.717) is 5.92 Å². The van der Waals surface area contributed by atoms with Crippen molar-refractivity contribution < 1.29 is 0 Å². The highest BCUT2D eigenvalue weighted by Gasteiger charge is 2.06. The third-order valence-corrected chi connectivity index (χ3v) is 2.90. The number of hydrogen-bond donors (Lipinski definition) is 1. The molecule has 0 bridgehead atoms. The molecule has 0 radical (unpaired) electrons. The van der Waals surface area contributed by atoms with Crippen LogP contribution in [-0.4, -0.2) is 11.5 Å². The minimum absolute atomic E-state index is 0.603. The summed E-state index contributed by atoms with van der Waals surface area (Å²) in [6, 6.07) is 0. The van der Waals surface area contributed by atoms with Gasteiger partial charge in [0.1, 0.15) is 0 Å². The molecule has 2 nitrogen and oxygen atoms in total. The second-order valence-corrected chi connectivity index (χ2v) is 4.13. The van der Waals surface area contributed by atoms with E-state index in [1.807, 2.05) is 6.92 Å². The number of nitrogens with zero attached hydrogens (tertiary/aromatic N) is 1. The molecule has 12 heavy (non-hydrogen) atoms. The van der Waals surface area contributed by atoms with E-state index < -0.39 is 0 Å². The standard InChI is InChI=1S/C9H16N2S/c1-3-8(5-10)4-9-6-12-7(2)11-9/h6,8H,3-5,10H2,1-2H3. The molecule has 0 aliphatic rings. The molecule has 0 saturated heterocycles. The Hall–Kier alpha value is -0.410. The molecule has 0 amide bonds. The zero-order valence-corrected chi connectivity index (χ0v) is 8.53. The Morgan fingerprint density at radius 2 is 2.42 bits per heavy atom. The molecule has 0 spiro atoms. The van der Waals surface area contributed by atoms with E-state index in [9.17, 15) is 0 Å². The fourth-order valence-electron chi connectivity index (χ4n) is 1.19. The van der Waals surface area contributed by atoms with Crippen molar-refractivity contribution >= 4 is 11.3 Å². The second-order valence-electron chi connectivity index (χ2n) is 3.07. The molecule has 1 aromatic heterocycles. The van der Waals surface area contributed by atoms with Crippen LogP contribution in [0.1, 0.15) is 24.0 Å². The van der Waals surface area contributed by atoms with Crippen LogP contribution < -0.4 is 5.73 Å². The lowest BCUT2D eigenvalue weighted by Gasteiger charge is -2.08. The van der Waals surface area contributed by atoms with Crippen LogP contribution in [0.2, 0.25) is 0 Å². The van der Waals surface area contributed by atoms with E-state index in [0.717, 1.165) is 24.4 Å². The van der Waals surface area contributed by atoms with Crippen molar-refractivity contribution in [2.75, 3.05) is 6.54 Å². The zero-order chi connectivity index (χ0) is 8.97. The lowest BCUT2D eigenvalue weighted by Crippen LogP contribution is -2.15. The van der Waals surface area contributed by atoms with Crippen LogP contribution in [0.3, 0.4) is 0 Å². The van der Waals surface area contributed by atoms with E-state index >= 15 is 0 Å². The fourth-order valence-corrected chi connectivity index (χ4v) is 1.82. The Morgan fingerprint density at radius 3 is 2.83 bits per heavy atom. The SMILES string of the molecule is CCC(CN)Cc1csc(C)n1. The zero-order valence-electron chi connectivity index (χ0n) is 7.71. The molecule has 68 valence electrons. The molecule has 0 saturated carbocycles. The maximum atomic E-state index is 5.61. The maximum absolute atomic E-state index is 5.61. The summed E-state index contributed by atoms with van der Waals surface area (Å²) in [6.07, 6.45) is 2.18. The van der Waals surface area contributed by atoms with Gasteiger partial charge in [-0.05, 0) is 25.8 Å². The van der Waals surface area contributed by atoms with E-state index in [4.69, 9.17) is 5.73 Å². The number of hydrogen-bond acceptors (Lipinski definition) is 3. The summed E-state index contributed by atoms with van der Waals surface area (Å²) in [6.45, 7) is 4.99. The number of aryl methyl sites for hydroxylation is 1. The molecule has 3 heteroatoms. The summed E-state index contributed by atoms with van der Waals surface area (Å²) < 4.78 is 0. The molecule has 1 unspecified atom stereocenters. The largest absolute Gasteiger partial charge is 0.330 e. The predicted molar refractivity (Wildman–Crippen MR) is 53.4 cm³/mol. The van der Waals surface area contributed by atoms with Gasteiger partial charge in [-0.1, -0.05) is 13.3 Å². The molecule has 2 N–H and O–H groups in total. The highest BCUT2D eigenvalue weighted by Crippen LogP contribution is 2.13. The summed E-state index contributed by atoms with van der Waals surface area (Å²) in [7, 11) is 0. The Bertz CT molecular complexity index is 228. The monoisotopic (exact) mass is 184 g/mol. The highest BCUT2D eigenvalue weighted by atomic mass is 32.1. The maximum Gasteiger partial charge on any atom is 0.0897 e. The first-order valence-electron chi connectivity index (χ1n) is 4.37. The summed E-state index contributed by atoms with van der Waals surface area (Å²) in [5.74, 6) is 0.603. The van der Waals surface area contributed by atoms with Crippen LogP contribution in [0.4, 0.5) is 0 Å². The molecule has 1 rings (SSSR count). The van der Waals surface area contributed by atoms with Crippen LogP contribution in [0.25, 0.3) is 0 Å². The van der Waals surface area contributed by atoms with Gasteiger partial charge in [0, 0.05) is 5.38 Å². The Morgan fingerprint density at radius 1 is 1.67 bits per heavy atom. The molecular formula is C9H16N2S. The Kier molecular flexibility index (Phi) is 3.69. The molecule has 0 aliphatic heterocycles. The smallest absolute Gasteiger partial charge is 0.0897 e. The molecular weight excluding hydrogens is 168 g/mol. The van der Waals surface area contributed by atoms with Crippen LogP contribution in [0.15, 0.2) is 5.38 Å². The third-order valence-electron chi connectivity index (χ3n) is 2.08. The van der Waals surface area contributed by atoms with Gasteiger partial charge in [-0.15, -0.1) is 11.3 Å². The number of thiazole rings is 1. The summed E-state index contributed by atoms with van der Waals surface area (Å²) in [5.41, 5.74) is 6.82. The molecule has 1 heterocycles. The van der Waals surface area contributed by atoms with Gasteiger partial charge >= 0.3 is 0 Å². The topological polar surface area (TPSA) is 38.9 Å². The Labute approximate surface area is 77.8 Å². The van der Waals surface area contributed by atoms with Gasteiger partial charge in [-0.2, -0.15) is 0 Å². The molecule has 0 fully saturated rings. The van der Waals surface area contributed by atoms with Gasteiger partial charge in [0.25, 0.3) is 0 Å². The molecule has 0 aliphatic carbocycles. The summed E-state index contributed by atoms with van der Waals surface area (Å²) in [4.78, 5) is 4.41. The van der Waals surface area contributed by atoms with Gasteiger partial charge in [0.15, 0.2) is 0 Å². The average Bonchev–Trinajstić information content (AvgIpc) is 2.47. The van der Waals surface area contributed by atoms with Crippen molar-refractivity contribution in [3.63, 3.8) is 0 Å². The van der Waals surface area contributed by atoms with Crippen LogP contribution in [0, 0.1) is 12.8 Å². The second kappa shape index (κ2) is 4.58. The quantitative estimate of drug-likeness (QED) is 0.777. The van der Waals surface area contributed by atoms with Crippen LogP contribution >= 0.6 is 11.3 Å². The number of rotatable bonds is 4. The van der Waals surface area contributed by atoms with Crippen molar-refractivity contribution in [2.24, 2.45) is 11.7 Å². The predicted octanol–water partition coefficient (Wildman–Crippen LogP) is 1.98. The van der Waals surface area contributed by atoms with Crippen molar-refractivity contribution in [1.29, 1.82) is 0 Å². The average molecular weight is 184 g/mol. The first-order chi connectivity index (χ1) is 5.76. The normalized spacial score (nSPS) is 13.2. The van der Waals surface area contributed by atoms with Gasteiger partial charge in [0.2, 0.25) is 0 Å². The van der Waals surface area contributed by atoms with Gasteiger partial charge in [-0.3, -0.25) is 0 Å². The van der Waals surface area contributed by atoms with Crippen LogP contribution in [-0.2, 0) is 6.42 Å². The highest BCUT2D eigenvalue weighted by molar-refractivity contribution is 7.09. The minimum Gasteiger partial charge on any atom is -0.330 e. The molecule has 1 atom stereocenters. The minimum atomic E-state index is 0.603. The molecule has 0 aromatic carbocycles. The van der Waals surface area contributed by atoms with Crippen molar-refractivity contribution in [3.05, 3.63) is 16.1 Å². The summed E-state index contributed by atoms with van der Waals surface area (Å²) in [5, 5.41) is 3.28. The Balaban J connectivity index is 2.50. The van der Waals surface area contributed by atoms with E-state index in [2.05, 4.69) is 17.3 Å². The molecule has 1 aromatic rings. The van der Waals surface area contributed by atoms with Crippen molar-refractivity contribution in [3.8, 4) is 0 Å². The van der Waals surface area contributed by atoms with E-state index in [-0.39, 0.29) is 0 Å². The fraction of sp³-hybridized carbons (Fsp3) is 0.667.